The molecular weight excluding hydrogens is 302 g/mol. The highest BCUT2D eigenvalue weighted by Crippen LogP contribution is 2.34. The Labute approximate surface area is 124 Å². The highest BCUT2D eigenvalue weighted by molar-refractivity contribution is 7.99. The quantitative estimate of drug-likeness (QED) is 0.581. The van der Waals surface area contributed by atoms with E-state index >= 15 is 0 Å². The summed E-state index contributed by atoms with van der Waals surface area (Å²) in [7, 11) is 0. The molecule has 0 heterocycles. The molecule has 0 aliphatic rings. The van der Waals surface area contributed by atoms with Gasteiger partial charge in [-0.3, -0.25) is 0 Å². The molecule has 0 saturated heterocycles. The highest BCUT2D eigenvalue weighted by Gasteiger charge is 2.17. The van der Waals surface area contributed by atoms with Gasteiger partial charge in [0.15, 0.2) is 0 Å². The number of nitrogens with one attached hydrogen (secondary N) is 1. The van der Waals surface area contributed by atoms with Gasteiger partial charge in [0.2, 0.25) is 0 Å². The topological polar surface area (TPSA) is 12.0 Å². The second-order valence-electron chi connectivity index (χ2n) is 4.38. The Hall–Kier alpha value is -1.69. The SMILES string of the molecule is CC(Nc1ccccc1SC(F)F)c1c(F)cccc1F. The Bertz CT molecular complexity index is 598. The first kappa shape index (κ1) is 15.7. The summed E-state index contributed by atoms with van der Waals surface area (Å²) < 4.78 is 52.4. The maximum atomic E-state index is 13.7. The van der Waals surface area contributed by atoms with E-state index in [2.05, 4.69) is 5.32 Å². The largest absolute Gasteiger partial charge is 0.377 e. The van der Waals surface area contributed by atoms with Gasteiger partial charge < -0.3 is 5.32 Å². The third kappa shape index (κ3) is 3.91. The molecule has 6 heteroatoms. The second kappa shape index (κ2) is 6.85. The lowest BCUT2D eigenvalue weighted by molar-refractivity contribution is 0.252. The Morgan fingerprint density at radius 1 is 0.952 bits per heavy atom. The summed E-state index contributed by atoms with van der Waals surface area (Å²) in [5, 5.41) is 2.88. The second-order valence-corrected chi connectivity index (χ2v) is 5.41. The van der Waals surface area contributed by atoms with Crippen molar-refractivity contribution in [3.8, 4) is 0 Å². The van der Waals surface area contributed by atoms with Crippen LogP contribution >= 0.6 is 11.8 Å². The molecule has 1 N–H and O–H groups in total. The molecule has 0 aliphatic carbocycles. The fourth-order valence-corrected chi connectivity index (χ4v) is 2.62. The molecule has 1 atom stereocenters. The maximum absolute atomic E-state index is 13.7. The predicted molar refractivity (Wildman–Crippen MR) is 76.7 cm³/mol. The standard InChI is InChI=1S/C15H13F4NS/c1-9(14-10(16)5-4-6-11(14)17)20-12-7-2-3-8-13(12)21-15(18)19/h2-9,15,20H,1H3. The van der Waals surface area contributed by atoms with Gasteiger partial charge in [-0.15, -0.1) is 0 Å². The summed E-state index contributed by atoms with van der Waals surface area (Å²) in [6.07, 6.45) is 0. The van der Waals surface area contributed by atoms with E-state index < -0.39 is 23.4 Å². The molecule has 0 spiro atoms. The summed E-state index contributed by atoms with van der Waals surface area (Å²) in [6, 6.07) is 9.34. The third-order valence-corrected chi connectivity index (χ3v) is 3.70. The van der Waals surface area contributed by atoms with Crippen LogP contribution in [-0.2, 0) is 0 Å². The number of rotatable bonds is 5. The Morgan fingerprint density at radius 3 is 2.19 bits per heavy atom. The number of benzene rings is 2. The van der Waals surface area contributed by atoms with Crippen LogP contribution in [0.25, 0.3) is 0 Å². The van der Waals surface area contributed by atoms with Crippen LogP contribution in [0.3, 0.4) is 0 Å². The molecule has 0 amide bonds. The van der Waals surface area contributed by atoms with Crippen molar-refractivity contribution in [2.24, 2.45) is 0 Å². The molecule has 0 aromatic heterocycles. The van der Waals surface area contributed by atoms with Gasteiger partial charge in [0.25, 0.3) is 5.76 Å². The molecule has 0 bridgehead atoms. The molecule has 112 valence electrons. The van der Waals surface area contributed by atoms with Crippen LogP contribution in [0.5, 0.6) is 0 Å². The van der Waals surface area contributed by atoms with Gasteiger partial charge in [-0.05, 0) is 31.2 Å². The first-order chi connectivity index (χ1) is 9.99. The summed E-state index contributed by atoms with van der Waals surface area (Å²) in [4.78, 5) is 0.330. The van der Waals surface area contributed by atoms with Crippen molar-refractivity contribution >= 4 is 17.4 Å². The fourth-order valence-electron chi connectivity index (χ4n) is 2.01. The predicted octanol–water partition coefficient (Wildman–Crippen LogP) is 5.45. The summed E-state index contributed by atoms with van der Waals surface area (Å²) in [5.41, 5.74) is 0.298. The van der Waals surface area contributed by atoms with Crippen LogP contribution in [0.4, 0.5) is 23.2 Å². The van der Waals surface area contributed by atoms with Crippen molar-refractivity contribution in [3.63, 3.8) is 0 Å². The lowest BCUT2D eigenvalue weighted by atomic mass is 10.1. The van der Waals surface area contributed by atoms with E-state index in [1.54, 1.807) is 25.1 Å². The number of hydrogen-bond donors (Lipinski definition) is 1. The molecule has 0 aliphatic heterocycles. The summed E-state index contributed by atoms with van der Waals surface area (Å²) in [5.74, 6) is -3.91. The van der Waals surface area contributed by atoms with E-state index in [1.807, 2.05) is 0 Å². The molecule has 2 aromatic carbocycles. The number of halogens is 4. The Morgan fingerprint density at radius 2 is 1.57 bits per heavy atom. The molecule has 0 fully saturated rings. The monoisotopic (exact) mass is 315 g/mol. The summed E-state index contributed by atoms with van der Waals surface area (Å²) in [6.45, 7) is 1.57. The molecule has 21 heavy (non-hydrogen) atoms. The highest BCUT2D eigenvalue weighted by atomic mass is 32.2. The van der Waals surface area contributed by atoms with Crippen molar-refractivity contribution in [1.29, 1.82) is 0 Å². The van der Waals surface area contributed by atoms with E-state index in [1.165, 1.54) is 12.1 Å². The van der Waals surface area contributed by atoms with Crippen molar-refractivity contribution < 1.29 is 17.6 Å². The minimum Gasteiger partial charge on any atom is -0.377 e. The van der Waals surface area contributed by atoms with Gasteiger partial charge >= 0.3 is 0 Å². The van der Waals surface area contributed by atoms with Crippen molar-refractivity contribution in [3.05, 3.63) is 59.7 Å². The minimum absolute atomic E-state index is 0.116. The van der Waals surface area contributed by atoms with E-state index in [9.17, 15) is 17.6 Å². The lowest BCUT2D eigenvalue weighted by Gasteiger charge is -2.19. The molecular formula is C15H13F4NS. The van der Waals surface area contributed by atoms with Crippen LogP contribution in [-0.4, -0.2) is 5.76 Å². The van der Waals surface area contributed by atoms with Crippen molar-refractivity contribution in [2.75, 3.05) is 5.32 Å². The van der Waals surface area contributed by atoms with E-state index in [0.29, 0.717) is 22.3 Å². The van der Waals surface area contributed by atoms with Crippen LogP contribution < -0.4 is 5.32 Å². The van der Waals surface area contributed by atoms with Crippen LogP contribution in [0.1, 0.15) is 18.5 Å². The van der Waals surface area contributed by atoms with Crippen molar-refractivity contribution in [2.45, 2.75) is 23.6 Å². The van der Waals surface area contributed by atoms with E-state index in [0.717, 1.165) is 12.1 Å². The fraction of sp³-hybridized carbons (Fsp3) is 0.200. The molecule has 0 saturated carbocycles. The smallest absolute Gasteiger partial charge is 0.288 e. The van der Waals surface area contributed by atoms with Gasteiger partial charge in [-0.2, -0.15) is 8.78 Å². The Kier molecular flexibility index (Phi) is 5.12. The molecule has 2 rings (SSSR count). The van der Waals surface area contributed by atoms with E-state index in [-0.39, 0.29) is 5.56 Å². The zero-order valence-corrected chi connectivity index (χ0v) is 11.9. The zero-order valence-electron chi connectivity index (χ0n) is 11.1. The molecule has 0 radical (unpaired) electrons. The Balaban J connectivity index is 2.26. The normalized spacial score (nSPS) is 12.5. The van der Waals surface area contributed by atoms with E-state index in [4.69, 9.17) is 0 Å². The van der Waals surface area contributed by atoms with Crippen LogP contribution in [0, 0.1) is 11.6 Å². The minimum atomic E-state index is -2.56. The first-order valence-electron chi connectivity index (χ1n) is 6.23. The van der Waals surface area contributed by atoms with Crippen LogP contribution in [0.2, 0.25) is 0 Å². The van der Waals surface area contributed by atoms with Gasteiger partial charge in [-0.25, -0.2) is 8.78 Å². The average Bonchev–Trinajstić information content (AvgIpc) is 2.40. The zero-order chi connectivity index (χ0) is 15.4. The number of alkyl halides is 2. The number of thioether (sulfide) groups is 1. The number of hydrogen-bond acceptors (Lipinski definition) is 2. The third-order valence-electron chi connectivity index (χ3n) is 2.91. The van der Waals surface area contributed by atoms with Gasteiger partial charge in [0.05, 0.1) is 6.04 Å². The number of para-hydroxylation sites is 1. The summed E-state index contributed by atoms with van der Waals surface area (Å²) >= 11 is 0.387. The first-order valence-corrected chi connectivity index (χ1v) is 7.11. The van der Waals surface area contributed by atoms with Gasteiger partial charge in [0, 0.05) is 16.1 Å². The van der Waals surface area contributed by atoms with Gasteiger partial charge in [-0.1, -0.05) is 30.0 Å². The van der Waals surface area contributed by atoms with Crippen LogP contribution in [0.15, 0.2) is 47.4 Å². The molecule has 2 aromatic rings. The van der Waals surface area contributed by atoms with Crippen molar-refractivity contribution in [1.82, 2.24) is 0 Å². The lowest BCUT2D eigenvalue weighted by Crippen LogP contribution is -2.11. The van der Waals surface area contributed by atoms with Gasteiger partial charge in [0.1, 0.15) is 11.6 Å². The molecule has 1 nitrogen and oxygen atoms in total. The number of anilines is 1. The maximum Gasteiger partial charge on any atom is 0.288 e. The molecule has 1 unspecified atom stereocenters. The average molecular weight is 315 g/mol.